The van der Waals surface area contributed by atoms with Gasteiger partial charge in [0.25, 0.3) is 0 Å². The molecule has 17 heavy (non-hydrogen) atoms. The van der Waals surface area contributed by atoms with Gasteiger partial charge in [-0.05, 0) is 62.4 Å². The van der Waals surface area contributed by atoms with E-state index >= 15 is 0 Å². The van der Waals surface area contributed by atoms with Gasteiger partial charge in [-0.25, -0.2) is 0 Å². The van der Waals surface area contributed by atoms with Gasteiger partial charge in [-0.2, -0.15) is 0 Å². The lowest BCUT2D eigenvalue weighted by molar-refractivity contribution is 0.337. The normalized spacial score (nSPS) is 12.5. The molecule has 0 aromatic heterocycles. The number of nitrogens with two attached hydrogens (primary N) is 1. The van der Waals surface area contributed by atoms with Gasteiger partial charge >= 0.3 is 0 Å². The first-order chi connectivity index (χ1) is 8.13. The molecule has 0 aliphatic carbocycles. The van der Waals surface area contributed by atoms with Crippen molar-refractivity contribution in [3.63, 3.8) is 0 Å². The molecule has 1 atom stereocenters. The third-order valence-corrected chi connectivity index (χ3v) is 3.22. The first kappa shape index (κ1) is 14.0. The fourth-order valence-electron chi connectivity index (χ4n) is 2.31. The molecule has 0 saturated carbocycles. The summed E-state index contributed by atoms with van der Waals surface area (Å²) in [6, 6.07) is 4.39. The fourth-order valence-corrected chi connectivity index (χ4v) is 2.31. The molecule has 1 aromatic carbocycles. The van der Waals surface area contributed by atoms with Crippen LogP contribution in [0.25, 0.3) is 0 Å². The van der Waals surface area contributed by atoms with Crippen LogP contribution in [0.1, 0.15) is 49.3 Å². The van der Waals surface area contributed by atoms with Crippen LogP contribution in [-0.4, -0.2) is 13.2 Å². The lowest BCUT2D eigenvalue weighted by Crippen LogP contribution is -2.14. The summed E-state index contributed by atoms with van der Waals surface area (Å²) in [7, 11) is 0. The predicted molar refractivity (Wildman–Crippen MR) is 73.8 cm³/mol. The second-order valence-electron chi connectivity index (χ2n) is 4.63. The molecule has 0 amide bonds. The Morgan fingerprint density at radius 1 is 1.18 bits per heavy atom. The Morgan fingerprint density at radius 3 is 2.41 bits per heavy atom. The highest BCUT2D eigenvalue weighted by atomic mass is 16.5. The first-order valence-electron chi connectivity index (χ1n) is 6.58. The van der Waals surface area contributed by atoms with Gasteiger partial charge in [-0.3, -0.25) is 0 Å². The Bertz CT molecular complexity index is 360. The van der Waals surface area contributed by atoms with Crippen molar-refractivity contribution in [1.82, 2.24) is 0 Å². The van der Waals surface area contributed by atoms with Crippen LogP contribution < -0.4 is 10.5 Å². The van der Waals surface area contributed by atoms with E-state index in [0.717, 1.165) is 25.3 Å². The Kier molecular flexibility index (Phi) is 5.49. The molecule has 0 bridgehead atoms. The highest BCUT2D eigenvalue weighted by molar-refractivity contribution is 5.43. The zero-order chi connectivity index (χ0) is 12.8. The summed E-state index contributed by atoms with van der Waals surface area (Å²) in [5, 5.41) is 0. The number of rotatable bonds is 6. The maximum absolute atomic E-state index is 5.88. The lowest BCUT2D eigenvalue weighted by atomic mass is 9.89. The Hall–Kier alpha value is -1.02. The van der Waals surface area contributed by atoms with E-state index in [-0.39, 0.29) is 0 Å². The number of aryl methyl sites for hydroxylation is 2. The number of benzene rings is 1. The van der Waals surface area contributed by atoms with Crippen LogP contribution in [0.4, 0.5) is 0 Å². The van der Waals surface area contributed by atoms with Crippen molar-refractivity contribution in [2.24, 2.45) is 5.73 Å². The summed E-state index contributed by atoms with van der Waals surface area (Å²) < 4.78 is 5.61. The van der Waals surface area contributed by atoms with E-state index in [1.54, 1.807) is 0 Å². The molecule has 2 nitrogen and oxygen atoms in total. The van der Waals surface area contributed by atoms with Crippen LogP contribution >= 0.6 is 0 Å². The molecule has 1 aromatic rings. The van der Waals surface area contributed by atoms with Gasteiger partial charge in [0, 0.05) is 0 Å². The monoisotopic (exact) mass is 235 g/mol. The van der Waals surface area contributed by atoms with E-state index in [4.69, 9.17) is 10.5 Å². The van der Waals surface area contributed by atoms with Crippen molar-refractivity contribution in [3.05, 3.63) is 28.8 Å². The molecule has 96 valence electrons. The second kappa shape index (κ2) is 6.65. The molecule has 1 unspecified atom stereocenters. The van der Waals surface area contributed by atoms with E-state index in [1.165, 1.54) is 23.1 Å². The number of hydrogen-bond acceptors (Lipinski definition) is 2. The highest BCUT2D eigenvalue weighted by Gasteiger charge is 2.13. The largest absolute Gasteiger partial charge is 0.494 e. The van der Waals surface area contributed by atoms with E-state index in [1.807, 2.05) is 6.92 Å². The first-order valence-corrected chi connectivity index (χ1v) is 6.58. The second-order valence-corrected chi connectivity index (χ2v) is 4.63. The SMILES string of the molecule is CCCC(CN)c1cc(C)c(OCC)cc1C. The molecule has 0 aliphatic heterocycles. The van der Waals surface area contributed by atoms with Crippen molar-refractivity contribution in [2.75, 3.05) is 13.2 Å². The Labute approximate surface area is 105 Å². The summed E-state index contributed by atoms with van der Waals surface area (Å²) in [6.07, 6.45) is 2.33. The molecule has 0 saturated heterocycles. The predicted octanol–water partition coefficient (Wildman–Crippen LogP) is 3.54. The van der Waals surface area contributed by atoms with Crippen LogP contribution in [0.3, 0.4) is 0 Å². The van der Waals surface area contributed by atoms with Crippen LogP contribution in [-0.2, 0) is 0 Å². The van der Waals surface area contributed by atoms with Crippen molar-refractivity contribution in [3.8, 4) is 5.75 Å². The zero-order valence-electron chi connectivity index (χ0n) is 11.5. The summed E-state index contributed by atoms with van der Waals surface area (Å²) in [4.78, 5) is 0. The minimum atomic E-state index is 0.481. The third-order valence-electron chi connectivity index (χ3n) is 3.22. The molecule has 0 radical (unpaired) electrons. The van der Waals surface area contributed by atoms with Gasteiger partial charge in [-0.1, -0.05) is 19.4 Å². The quantitative estimate of drug-likeness (QED) is 0.818. The van der Waals surface area contributed by atoms with E-state index < -0.39 is 0 Å². The Morgan fingerprint density at radius 2 is 1.88 bits per heavy atom. The van der Waals surface area contributed by atoms with Crippen molar-refractivity contribution >= 4 is 0 Å². The van der Waals surface area contributed by atoms with Crippen molar-refractivity contribution < 1.29 is 4.74 Å². The average molecular weight is 235 g/mol. The van der Waals surface area contributed by atoms with E-state index in [9.17, 15) is 0 Å². The molecule has 1 rings (SSSR count). The van der Waals surface area contributed by atoms with E-state index in [2.05, 4.69) is 32.9 Å². The molecule has 0 heterocycles. The molecule has 2 heteroatoms. The van der Waals surface area contributed by atoms with Gasteiger partial charge in [0.1, 0.15) is 5.75 Å². The summed E-state index contributed by atoms with van der Waals surface area (Å²) in [6.45, 7) is 9.92. The fraction of sp³-hybridized carbons (Fsp3) is 0.600. The van der Waals surface area contributed by atoms with Gasteiger partial charge in [0.2, 0.25) is 0 Å². The lowest BCUT2D eigenvalue weighted by Gasteiger charge is -2.19. The van der Waals surface area contributed by atoms with Gasteiger partial charge in [-0.15, -0.1) is 0 Å². The third kappa shape index (κ3) is 3.47. The Balaban J connectivity index is 3.04. The van der Waals surface area contributed by atoms with Gasteiger partial charge < -0.3 is 10.5 Å². The molecule has 2 N–H and O–H groups in total. The van der Waals surface area contributed by atoms with Crippen molar-refractivity contribution in [1.29, 1.82) is 0 Å². The molecular formula is C15H25NO. The molecular weight excluding hydrogens is 210 g/mol. The number of hydrogen-bond donors (Lipinski definition) is 1. The van der Waals surface area contributed by atoms with Crippen LogP contribution in [0.15, 0.2) is 12.1 Å². The summed E-state index contributed by atoms with van der Waals surface area (Å²) >= 11 is 0. The van der Waals surface area contributed by atoms with Crippen LogP contribution in [0.2, 0.25) is 0 Å². The van der Waals surface area contributed by atoms with E-state index in [0.29, 0.717) is 5.92 Å². The van der Waals surface area contributed by atoms with Crippen LogP contribution in [0.5, 0.6) is 5.75 Å². The standard InChI is InChI=1S/C15H25NO/c1-5-7-13(10-16)14-8-12(4)15(17-6-2)9-11(14)3/h8-9,13H,5-7,10,16H2,1-4H3. The maximum atomic E-state index is 5.88. The molecule has 0 spiro atoms. The van der Waals surface area contributed by atoms with Gasteiger partial charge in [0.05, 0.1) is 6.61 Å². The molecule has 0 aliphatic rings. The smallest absolute Gasteiger partial charge is 0.122 e. The van der Waals surface area contributed by atoms with Crippen molar-refractivity contribution in [2.45, 2.75) is 46.5 Å². The molecule has 0 fully saturated rings. The topological polar surface area (TPSA) is 35.2 Å². The maximum Gasteiger partial charge on any atom is 0.122 e. The summed E-state index contributed by atoms with van der Waals surface area (Å²) in [5.74, 6) is 1.48. The minimum Gasteiger partial charge on any atom is -0.494 e. The number of ether oxygens (including phenoxy) is 1. The van der Waals surface area contributed by atoms with Crippen LogP contribution in [0, 0.1) is 13.8 Å². The highest BCUT2D eigenvalue weighted by Crippen LogP contribution is 2.29. The van der Waals surface area contributed by atoms with Gasteiger partial charge in [0.15, 0.2) is 0 Å². The zero-order valence-corrected chi connectivity index (χ0v) is 11.5. The minimum absolute atomic E-state index is 0.481. The summed E-state index contributed by atoms with van der Waals surface area (Å²) in [5.41, 5.74) is 9.76. The average Bonchev–Trinajstić information content (AvgIpc) is 2.31.